The Morgan fingerprint density at radius 1 is 1.38 bits per heavy atom. The van der Waals surface area contributed by atoms with E-state index in [0.717, 1.165) is 24.3 Å². The zero-order valence-electron chi connectivity index (χ0n) is 14.1. The molecule has 0 saturated carbocycles. The predicted molar refractivity (Wildman–Crippen MR) is 91.7 cm³/mol. The van der Waals surface area contributed by atoms with Crippen LogP contribution in [-0.2, 0) is 4.74 Å². The van der Waals surface area contributed by atoms with Crippen molar-refractivity contribution in [3.8, 4) is 0 Å². The Hall–Kier alpha value is -1.44. The van der Waals surface area contributed by atoms with Crippen molar-refractivity contribution >= 4 is 0 Å². The summed E-state index contributed by atoms with van der Waals surface area (Å²) in [6.07, 6.45) is 17.9. The number of hydrogen-bond donors (Lipinski definition) is 1. The summed E-state index contributed by atoms with van der Waals surface area (Å²) in [4.78, 5) is 0. The molecule has 0 heterocycles. The molecule has 1 unspecified atom stereocenters. The van der Waals surface area contributed by atoms with Crippen molar-refractivity contribution in [2.24, 2.45) is 11.1 Å². The van der Waals surface area contributed by atoms with Gasteiger partial charge in [0.2, 0.25) is 0 Å². The van der Waals surface area contributed by atoms with Gasteiger partial charge in [-0.2, -0.15) is 0 Å². The smallest absolute Gasteiger partial charge is 0.117 e. The molecule has 2 N–H and O–H groups in total. The normalized spacial score (nSPS) is 23.1. The average molecular weight is 289 g/mol. The quantitative estimate of drug-likeness (QED) is 0.490. The molecular weight excluding hydrogens is 258 g/mol. The number of hydrogen-bond acceptors (Lipinski definition) is 2. The van der Waals surface area contributed by atoms with E-state index < -0.39 is 0 Å². The fourth-order valence-corrected chi connectivity index (χ4v) is 2.62. The van der Waals surface area contributed by atoms with Crippen molar-refractivity contribution in [3.63, 3.8) is 0 Å². The van der Waals surface area contributed by atoms with E-state index in [1.54, 1.807) is 7.11 Å². The molecular formula is C19H31NO. The monoisotopic (exact) mass is 289 g/mol. The molecule has 2 heteroatoms. The van der Waals surface area contributed by atoms with Gasteiger partial charge in [-0.05, 0) is 43.9 Å². The van der Waals surface area contributed by atoms with Gasteiger partial charge in [-0.1, -0.05) is 51.3 Å². The summed E-state index contributed by atoms with van der Waals surface area (Å²) < 4.78 is 5.53. The Labute approximate surface area is 130 Å². The summed E-state index contributed by atoms with van der Waals surface area (Å²) in [6, 6.07) is 0. The van der Waals surface area contributed by atoms with Gasteiger partial charge in [0, 0.05) is 11.1 Å². The average Bonchev–Trinajstić information content (AvgIpc) is 2.49. The Morgan fingerprint density at radius 2 is 2.14 bits per heavy atom. The van der Waals surface area contributed by atoms with Crippen LogP contribution < -0.4 is 5.73 Å². The molecule has 0 aromatic heterocycles. The Morgan fingerprint density at radius 3 is 2.76 bits per heavy atom. The Bertz CT molecular complexity index is 442. The van der Waals surface area contributed by atoms with Gasteiger partial charge in [-0.25, -0.2) is 0 Å². The minimum absolute atomic E-state index is 0.0375. The van der Waals surface area contributed by atoms with Gasteiger partial charge in [-0.15, -0.1) is 0 Å². The van der Waals surface area contributed by atoms with Crippen molar-refractivity contribution in [1.82, 2.24) is 0 Å². The highest BCUT2D eigenvalue weighted by Gasteiger charge is 2.24. The first-order valence-corrected chi connectivity index (χ1v) is 8.12. The second kappa shape index (κ2) is 8.76. The highest BCUT2D eigenvalue weighted by atomic mass is 16.5. The van der Waals surface area contributed by atoms with Crippen LogP contribution in [0.25, 0.3) is 0 Å². The molecule has 0 radical (unpaired) electrons. The molecule has 1 aliphatic carbocycles. The van der Waals surface area contributed by atoms with Gasteiger partial charge in [-0.3, -0.25) is 0 Å². The summed E-state index contributed by atoms with van der Waals surface area (Å²) >= 11 is 0. The van der Waals surface area contributed by atoms with Gasteiger partial charge in [0.05, 0.1) is 7.11 Å². The molecule has 1 atom stereocenters. The lowest BCUT2D eigenvalue weighted by atomic mass is 9.79. The van der Waals surface area contributed by atoms with E-state index >= 15 is 0 Å². The molecule has 0 aliphatic heterocycles. The number of unbranched alkanes of at least 4 members (excludes halogenated alkanes) is 3. The molecule has 118 valence electrons. The fraction of sp³-hybridized carbons (Fsp3) is 0.579. The van der Waals surface area contributed by atoms with E-state index in [0.29, 0.717) is 0 Å². The number of allylic oxidation sites excluding steroid dienone is 6. The third-order valence-corrected chi connectivity index (χ3v) is 4.06. The SMILES string of the molecule is C/C=C(N)\C=C\C1(C)C=C(CCCCCC)C(OC)=CC1. The molecule has 21 heavy (non-hydrogen) atoms. The molecule has 1 rings (SSSR count). The maximum Gasteiger partial charge on any atom is 0.117 e. The first-order valence-electron chi connectivity index (χ1n) is 8.12. The first kappa shape index (κ1) is 17.6. The van der Waals surface area contributed by atoms with Crippen LogP contribution in [-0.4, -0.2) is 7.11 Å². The van der Waals surface area contributed by atoms with Crippen LogP contribution in [0.2, 0.25) is 0 Å². The third-order valence-electron chi connectivity index (χ3n) is 4.06. The van der Waals surface area contributed by atoms with Crippen LogP contribution >= 0.6 is 0 Å². The molecule has 1 aliphatic rings. The molecule has 0 aromatic carbocycles. The van der Waals surface area contributed by atoms with Crippen molar-refractivity contribution in [3.05, 3.63) is 47.4 Å². The summed E-state index contributed by atoms with van der Waals surface area (Å²) in [5, 5.41) is 0. The lowest BCUT2D eigenvalue weighted by Gasteiger charge is -2.28. The third kappa shape index (κ3) is 5.82. The van der Waals surface area contributed by atoms with Crippen LogP contribution in [0.15, 0.2) is 47.4 Å². The maximum absolute atomic E-state index is 5.86. The molecule has 0 fully saturated rings. The molecule has 0 spiro atoms. The lowest BCUT2D eigenvalue weighted by Crippen LogP contribution is -2.15. The van der Waals surface area contributed by atoms with E-state index in [2.05, 4.69) is 32.1 Å². The molecule has 0 aromatic rings. The highest BCUT2D eigenvalue weighted by molar-refractivity contribution is 5.35. The zero-order chi connectivity index (χ0) is 15.7. The minimum atomic E-state index is 0.0375. The minimum Gasteiger partial charge on any atom is -0.497 e. The second-order valence-corrected chi connectivity index (χ2v) is 6.08. The van der Waals surface area contributed by atoms with Crippen molar-refractivity contribution < 1.29 is 4.74 Å². The first-order chi connectivity index (χ1) is 10.0. The van der Waals surface area contributed by atoms with E-state index in [4.69, 9.17) is 10.5 Å². The Balaban J connectivity index is 2.78. The van der Waals surface area contributed by atoms with Crippen LogP contribution in [0.1, 0.15) is 59.3 Å². The van der Waals surface area contributed by atoms with Gasteiger partial charge < -0.3 is 10.5 Å². The maximum atomic E-state index is 5.86. The number of nitrogens with two attached hydrogens (primary N) is 1. The number of methoxy groups -OCH3 is 1. The number of rotatable bonds is 8. The topological polar surface area (TPSA) is 35.2 Å². The molecule has 0 saturated heterocycles. The van der Waals surface area contributed by atoms with E-state index in [9.17, 15) is 0 Å². The summed E-state index contributed by atoms with van der Waals surface area (Å²) in [5.74, 6) is 1.05. The van der Waals surface area contributed by atoms with E-state index in [-0.39, 0.29) is 5.41 Å². The summed E-state index contributed by atoms with van der Waals surface area (Å²) in [7, 11) is 1.77. The Kier molecular flexibility index (Phi) is 7.35. The van der Waals surface area contributed by atoms with Gasteiger partial charge >= 0.3 is 0 Å². The van der Waals surface area contributed by atoms with Gasteiger partial charge in [0.1, 0.15) is 5.76 Å². The summed E-state index contributed by atoms with van der Waals surface area (Å²) in [6.45, 7) is 6.45. The van der Waals surface area contributed by atoms with E-state index in [1.807, 2.05) is 19.1 Å². The molecule has 0 bridgehead atoms. The van der Waals surface area contributed by atoms with Crippen LogP contribution in [0, 0.1) is 5.41 Å². The zero-order valence-corrected chi connectivity index (χ0v) is 14.1. The fourth-order valence-electron chi connectivity index (χ4n) is 2.62. The van der Waals surface area contributed by atoms with Crippen LogP contribution in [0.5, 0.6) is 0 Å². The molecule has 2 nitrogen and oxygen atoms in total. The van der Waals surface area contributed by atoms with Crippen molar-refractivity contribution in [2.75, 3.05) is 7.11 Å². The van der Waals surface area contributed by atoms with E-state index in [1.165, 1.54) is 31.3 Å². The number of ether oxygens (including phenoxy) is 1. The van der Waals surface area contributed by atoms with Gasteiger partial charge in [0.25, 0.3) is 0 Å². The second-order valence-electron chi connectivity index (χ2n) is 6.08. The molecule has 0 amide bonds. The van der Waals surface area contributed by atoms with Crippen LogP contribution in [0.4, 0.5) is 0 Å². The standard InChI is InChI=1S/C19H31NO/c1-5-7-8-9-10-16-15-19(3,13-11-17(20)6-2)14-12-18(16)21-4/h6,11-13,15H,5,7-10,14,20H2,1-4H3/b13-11+,17-6+. The lowest BCUT2D eigenvalue weighted by molar-refractivity contribution is 0.288. The van der Waals surface area contributed by atoms with Crippen molar-refractivity contribution in [1.29, 1.82) is 0 Å². The van der Waals surface area contributed by atoms with Crippen LogP contribution in [0.3, 0.4) is 0 Å². The predicted octanol–water partition coefficient (Wildman–Crippen LogP) is 5.24. The van der Waals surface area contributed by atoms with Gasteiger partial charge in [0.15, 0.2) is 0 Å². The summed E-state index contributed by atoms with van der Waals surface area (Å²) in [5.41, 5.74) is 8.06. The van der Waals surface area contributed by atoms with Crippen molar-refractivity contribution in [2.45, 2.75) is 59.3 Å². The largest absolute Gasteiger partial charge is 0.497 e. The highest BCUT2D eigenvalue weighted by Crippen LogP contribution is 2.36.